The lowest BCUT2D eigenvalue weighted by molar-refractivity contribution is 0.883. The molecule has 8 heteroatoms. The minimum atomic E-state index is 0.569. The number of aromatic nitrogens is 6. The van der Waals surface area contributed by atoms with Gasteiger partial charge in [-0.05, 0) is 18.2 Å². The maximum absolute atomic E-state index is 4.55. The number of rotatable bonds is 4. The molecule has 0 aliphatic heterocycles. The summed E-state index contributed by atoms with van der Waals surface area (Å²) in [6.07, 6.45) is 0. The van der Waals surface area contributed by atoms with E-state index in [1.807, 2.05) is 29.3 Å². The van der Waals surface area contributed by atoms with Crippen LogP contribution in [-0.2, 0) is 5.75 Å². The smallest absolute Gasteiger partial charge is 0.235 e. The molecule has 0 saturated heterocycles. The van der Waals surface area contributed by atoms with Crippen LogP contribution in [0.4, 0.5) is 0 Å². The molecule has 3 aromatic rings. The zero-order valence-electron chi connectivity index (χ0n) is 10.9. The van der Waals surface area contributed by atoms with Crippen molar-refractivity contribution >= 4 is 28.1 Å². The maximum atomic E-state index is 4.55. The largest absolute Gasteiger partial charge is 0.282 e. The predicted octanol–water partition coefficient (Wildman–Crippen LogP) is 2.53. The van der Waals surface area contributed by atoms with Crippen molar-refractivity contribution in [3.8, 4) is 10.7 Å². The minimum absolute atomic E-state index is 0.569. The van der Waals surface area contributed by atoms with Crippen molar-refractivity contribution in [1.29, 1.82) is 0 Å². The van der Waals surface area contributed by atoms with E-state index < -0.39 is 0 Å². The molecular formula is C11H14N6S2. The Hall–Kier alpha value is -1.41. The lowest BCUT2D eigenvalue weighted by Crippen LogP contribution is -1.96. The summed E-state index contributed by atoms with van der Waals surface area (Å²) < 4.78 is 1.82. The van der Waals surface area contributed by atoms with Crippen molar-refractivity contribution in [2.24, 2.45) is 0 Å². The molecule has 3 rings (SSSR count). The molecule has 3 heterocycles. The van der Waals surface area contributed by atoms with E-state index in [4.69, 9.17) is 0 Å². The fraction of sp³-hybridized carbons (Fsp3) is 0.455. The zero-order valence-corrected chi connectivity index (χ0v) is 12.5. The van der Waals surface area contributed by atoms with Crippen molar-refractivity contribution < 1.29 is 0 Å². The summed E-state index contributed by atoms with van der Waals surface area (Å²) in [7, 11) is 0. The second kappa shape index (κ2) is 4.93. The van der Waals surface area contributed by atoms with Gasteiger partial charge in [-0.1, -0.05) is 25.2 Å². The molecule has 0 spiro atoms. The number of hydrogen-bond donors (Lipinski definition) is 1. The average molecular weight is 294 g/mol. The van der Waals surface area contributed by atoms with Gasteiger partial charge in [0.1, 0.15) is 5.69 Å². The van der Waals surface area contributed by atoms with Gasteiger partial charge in [0.25, 0.3) is 0 Å². The van der Waals surface area contributed by atoms with Crippen LogP contribution in [0.15, 0.2) is 6.07 Å². The molecule has 0 amide bonds. The van der Waals surface area contributed by atoms with Gasteiger partial charge in [-0.2, -0.15) is 26.5 Å². The molecule has 0 unspecified atom stereocenters. The van der Waals surface area contributed by atoms with Gasteiger partial charge in [0.05, 0.1) is 5.75 Å². The average Bonchev–Trinajstić information content (AvgIpc) is 3.00. The van der Waals surface area contributed by atoms with Crippen LogP contribution >= 0.6 is 23.1 Å². The molecule has 6 nitrogen and oxygen atoms in total. The Labute approximate surface area is 118 Å². The summed E-state index contributed by atoms with van der Waals surface area (Å²) in [6, 6.07) is 1.98. The number of hydrogen-bond acceptors (Lipinski definition) is 6. The first-order chi connectivity index (χ1) is 9.13. The molecule has 1 N–H and O–H groups in total. The summed E-state index contributed by atoms with van der Waals surface area (Å²) in [4.78, 5) is 0.815. The second-order valence-corrected chi connectivity index (χ2v) is 7.03. The molecule has 3 aromatic heterocycles. The summed E-state index contributed by atoms with van der Waals surface area (Å²) in [6.45, 7) is 6.31. The lowest BCUT2D eigenvalue weighted by atomic mass is 10.4. The van der Waals surface area contributed by atoms with Crippen LogP contribution in [-0.4, -0.2) is 35.3 Å². The highest BCUT2D eigenvalue weighted by Crippen LogP contribution is 2.25. The van der Waals surface area contributed by atoms with Gasteiger partial charge in [0.2, 0.25) is 4.96 Å². The van der Waals surface area contributed by atoms with E-state index in [0.29, 0.717) is 5.25 Å². The Balaban J connectivity index is 1.93. The van der Waals surface area contributed by atoms with Gasteiger partial charge >= 0.3 is 0 Å². The highest BCUT2D eigenvalue weighted by atomic mass is 32.2. The van der Waals surface area contributed by atoms with Gasteiger partial charge in [-0.3, -0.25) is 5.10 Å². The first-order valence-electron chi connectivity index (χ1n) is 5.98. The predicted molar refractivity (Wildman–Crippen MR) is 77.4 cm³/mol. The fourth-order valence-corrected chi connectivity index (χ4v) is 3.10. The summed E-state index contributed by atoms with van der Waals surface area (Å²) in [5.74, 6) is 1.71. The maximum Gasteiger partial charge on any atom is 0.235 e. The molecule has 0 atom stereocenters. The van der Waals surface area contributed by atoms with Crippen LogP contribution in [0.1, 0.15) is 25.4 Å². The van der Waals surface area contributed by atoms with E-state index in [1.165, 1.54) is 11.3 Å². The van der Waals surface area contributed by atoms with E-state index >= 15 is 0 Å². The molecule has 0 aliphatic rings. The first-order valence-corrected chi connectivity index (χ1v) is 7.85. The summed E-state index contributed by atoms with van der Waals surface area (Å²) in [5, 5.41) is 21.5. The van der Waals surface area contributed by atoms with Crippen molar-refractivity contribution in [3.05, 3.63) is 17.6 Å². The van der Waals surface area contributed by atoms with Gasteiger partial charge < -0.3 is 0 Å². The standard InChI is InChI=1S/C11H14N6S2/c1-6(2)18-5-9-14-15-11-17(9)16-10(19-11)8-4-7(3)12-13-8/h4,6H,5H2,1-3H3,(H,12,13). The number of fused-ring (bicyclic) bond motifs is 1. The quantitative estimate of drug-likeness (QED) is 0.800. The molecule has 0 aromatic carbocycles. The highest BCUT2D eigenvalue weighted by Gasteiger charge is 2.14. The number of nitrogens with zero attached hydrogens (tertiary/aromatic N) is 5. The molecule has 19 heavy (non-hydrogen) atoms. The van der Waals surface area contributed by atoms with E-state index in [0.717, 1.165) is 32.9 Å². The van der Waals surface area contributed by atoms with Crippen LogP contribution in [0.25, 0.3) is 15.7 Å². The minimum Gasteiger partial charge on any atom is -0.282 e. The molecule has 100 valence electrons. The monoisotopic (exact) mass is 294 g/mol. The van der Waals surface area contributed by atoms with E-state index in [9.17, 15) is 0 Å². The lowest BCUT2D eigenvalue weighted by Gasteiger charge is -2.00. The van der Waals surface area contributed by atoms with Crippen LogP contribution in [0, 0.1) is 6.92 Å². The molecule has 0 bridgehead atoms. The van der Waals surface area contributed by atoms with Gasteiger partial charge in [0, 0.05) is 5.69 Å². The van der Waals surface area contributed by atoms with Gasteiger partial charge in [-0.25, -0.2) is 0 Å². The van der Waals surface area contributed by atoms with E-state index in [2.05, 4.69) is 39.3 Å². The van der Waals surface area contributed by atoms with Crippen molar-refractivity contribution in [2.75, 3.05) is 0 Å². The van der Waals surface area contributed by atoms with Crippen LogP contribution in [0.3, 0.4) is 0 Å². The Kier molecular flexibility index (Phi) is 3.28. The third kappa shape index (κ3) is 2.50. The third-order valence-corrected chi connectivity index (χ3v) is 4.54. The van der Waals surface area contributed by atoms with Crippen molar-refractivity contribution in [1.82, 2.24) is 30.0 Å². The summed E-state index contributed by atoms with van der Waals surface area (Å²) in [5.41, 5.74) is 1.88. The molecule has 0 saturated carbocycles. The number of nitrogens with one attached hydrogen (secondary N) is 1. The Bertz CT molecular complexity index is 695. The van der Waals surface area contributed by atoms with Crippen molar-refractivity contribution in [2.45, 2.75) is 31.8 Å². The normalized spacial score (nSPS) is 11.8. The zero-order chi connectivity index (χ0) is 13.4. The number of thioether (sulfide) groups is 1. The van der Waals surface area contributed by atoms with Crippen molar-refractivity contribution in [3.63, 3.8) is 0 Å². The number of H-pyrrole nitrogens is 1. The van der Waals surface area contributed by atoms with Gasteiger partial charge in [0.15, 0.2) is 10.8 Å². The molecular weight excluding hydrogens is 280 g/mol. The number of aromatic amines is 1. The Morgan fingerprint density at radius 3 is 2.95 bits per heavy atom. The topological polar surface area (TPSA) is 71.8 Å². The second-order valence-electron chi connectivity index (χ2n) is 4.51. The van der Waals surface area contributed by atoms with Crippen LogP contribution < -0.4 is 0 Å². The van der Waals surface area contributed by atoms with Gasteiger partial charge in [-0.15, -0.1) is 10.2 Å². The molecule has 0 fully saturated rings. The first kappa shape index (κ1) is 12.6. The highest BCUT2D eigenvalue weighted by molar-refractivity contribution is 7.99. The Morgan fingerprint density at radius 1 is 1.42 bits per heavy atom. The van der Waals surface area contributed by atoms with E-state index in [1.54, 1.807) is 0 Å². The molecule has 0 radical (unpaired) electrons. The summed E-state index contributed by atoms with van der Waals surface area (Å²) >= 11 is 3.34. The number of aryl methyl sites for hydroxylation is 1. The van der Waals surface area contributed by atoms with Crippen LogP contribution in [0.2, 0.25) is 0 Å². The van der Waals surface area contributed by atoms with Crippen LogP contribution in [0.5, 0.6) is 0 Å². The molecule has 0 aliphatic carbocycles. The fourth-order valence-electron chi connectivity index (χ4n) is 1.62. The third-order valence-electron chi connectivity index (χ3n) is 2.53. The Morgan fingerprint density at radius 2 is 2.26 bits per heavy atom. The van der Waals surface area contributed by atoms with E-state index in [-0.39, 0.29) is 0 Å². The SMILES string of the molecule is Cc1cc(-c2nn3c(CSC(C)C)nnc3s2)n[nH]1.